The van der Waals surface area contributed by atoms with Crippen molar-refractivity contribution in [2.24, 2.45) is 0 Å². The van der Waals surface area contributed by atoms with Crippen molar-refractivity contribution < 1.29 is 4.92 Å². The number of likely N-dealkylation sites (tertiary alicyclic amines) is 1. The van der Waals surface area contributed by atoms with E-state index in [2.05, 4.69) is 24.1 Å². The first kappa shape index (κ1) is 14.9. The number of hydrogen-bond acceptors (Lipinski definition) is 4. The van der Waals surface area contributed by atoms with Gasteiger partial charge in [0, 0.05) is 36.8 Å². The molecule has 2 rings (SSSR count). The Morgan fingerprint density at radius 1 is 1.30 bits per heavy atom. The topological polar surface area (TPSA) is 58.4 Å². The average Bonchev–Trinajstić information content (AvgIpc) is 2.47. The molecular weight excluding hydrogens is 254 g/mol. The molecule has 1 aromatic rings. The van der Waals surface area contributed by atoms with Gasteiger partial charge >= 0.3 is 0 Å². The fraction of sp³-hybridized carbons (Fsp3) is 0.600. The number of nitro groups is 1. The normalized spacial score (nSPS) is 20.6. The van der Waals surface area contributed by atoms with Crippen molar-refractivity contribution in [3.63, 3.8) is 0 Å². The molecule has 1 fully saturated rings. The summed E-state index contributed by atoms with van der Waals surface area (Å²) in [7, 11) is 2.02. The van der Waals surface area contributed by atoms with Crippen molar-refractivity contribution in [2.45, 2.75) is 38.3 Å². The quantitative estimate of drug-likeness (QED) is 0.679. The van der Waals surface area contributed by atoms with Crippen LogP contribution in [-0.4, -0.2) is 35.5 Å². The Balaban J connectivity index is 2.01. The number of benzene rings is 1. The first-order valence-corrected chi connectivity index (χ1v) is 7.12. The maximum absolute atomic E-state index is 10.7. The van der Waals surface area contributed by atoms with Gasteiger partial charge in [-0.25, -0.2) is 0 Å². The minimum atomic E-state index is -0.353. The largest absolute Gasteiger partial charge is 0.314 e. The fourth-order valence-corrected chi connectivity index (χ4v) is 2.74. The van der Waals surface area contributed by atoms with Gasteiger partial charge in [0.05, 0.1) is 4.92 Å². The van der Waals surface area contributed by atoms with Gasteiger partial charge in [0.2, 0.25) is 0 Å². The van der Waals surface area contributed by atoms with Gasteiger partial charge in [-0.15, -0.1) is 0 Å². The van der Waals surface area contributed by atoms with Crippen molar-refractivity contribution in [2.75, 3.05) is 20.1 Å². The molecule has 0 radical (unpaired) electrons. The standard InChI is InChI=1S/C15H23N3O2/c1-12(13-4-6-14(7-5-13)18(19)20)17-10-8-15(2,16-3)9-11-17/h4-7,12,16H,8-11H2,1-3H3. The number of hydrogen-bond donors (Lipinski definition) is 1. The molecule has 1 aliphatic heterocycles. The molecule has 1 atom stereocenters. The van der Waals surface area contributed by atoms with Gasteiger partial charge in [0.1, 0.15) is 0 Å². The number of piperidine rings is 1. The lowest BCUT2D eigenvalue weighted by atomic mass is 9.88. The summed E-state index contributed by atoms with van der Waals surface area (Å²) >= 11 is 0. The van der Waals surface area contributed by atoms with Crippen LogP contribution in [0.3, 0.4) is 0 Å². The van der Waals surface area contributed by atoms with E-state index in [0.717, 1.165) is 31.5 Å². The van der Waals surface area contributed by atoms with Crippen LogP contribution < -0.4 is 5.32 Å². The fourth-order valence-electron chi connectivity index (χ4n) is 2.74. The molecular formula is C15H23N3O2. The molecule has 5 heteroatoms. The third kappa shape index (κ3) is 3.16. The SMILES string of the molecule is CNC1(C)CCN(C(C)c2ccc([N+](=O)[O-])cc2)CC1. The maximum Gasteiger partial charge on any atom is 0.269 e. The Morgan fingerprint density at radius 3 is 2.30 bits per heavy atom. The van der Waals surface area contributed by atoms with E-state index in [9.17, 15) is 10.1 Å². The number of nitro benzene ring substituents is 1. The van der Waals surface area contributed by atoms with E-state index in [-0.39, 0.29) is 16.1 Å². The minimum absolute atomic E-state index is 0.155. The predicted molar refractivity (Wildman–Crippen MR) is 79.8 cm³/mol. The van der Waals surface area contributed by atoms with E-state index >= 15 is 0 Å². The molecule has 5 nitrogen and oxygen atoms in total. The lowest BCUT2D eigenvalue weighted by Gasteiger charge is -2.42. The summed E-state index contributed by atoms with van der Waals surface area (Å²) < 4.78 is 0. The van der Waals surface area contributed by atoms with Crippen LogP contribution in [0.1, 0.15) is 38.3 Å². The molecule has 110 valence electrons. The molecule has 1 heterocycles. The van der Waals surface area contributed by atoms with Crippen molar-refractivity contribution >= 4 is 5.69 Å². The highest BCUT2D eigenvalue weighted by Gasteiger charge is 2.30. The van der Waals surface area contributed by atoms with Crippen LogP contribution >= 0.6 is 0 Å². The van der Waals surface area contributed by atoms with Crippen LogP contribution in [-0.2, 0) is 0 Å². The van der Waals surface area contributed by atoms with Crippen LogP contribution in [0, 0.1) is 10.1 Å². The third-order valence-corrected chi connectivity index (χ3v) is 4.64. The molecule has 0 aliphatic carbocycles. The van der Waals surface area contributed by atoms with Gasteiger partial charge in [-0.1, -0.05) is 12.1 Å². The summed E-state index contributed by atoms with van der Waals surface area (Å²) in [6, 6.07) is 7.22. The first-order valence-electron chi connectivity index (χ1n) is 7.12. The van der Waals surface area contributed by atoms with Gasteiger partial charge in [-0.05, 0) is 39.3 Å². The predicted octanol–water partition coefficient (Wildman–Crippen LogP) is 2.73. The molecule has 0 bridgehead atoms. The van der Waals surface area contributed by atoms with Gasteiger partial charge in [0.25, 0.3) is 5.69 Å². The molecule has 0 aromatic heterocycles. The molecule has 0 saturated carbocycles. The summed E-state index contributed by atoms with van der Waals surface area (Å²) in [4.78, 5) is 12.8. The number of rotatable bonds is 4. The summed E-state index contributed by atoms with van der Waals surface area (Å²) in [5.41, 5.74) is 1.54. The maximum atomic E-state index is 10.7. The number of nitrogens with zero attached hydrogens (tertiary/aromatic N) is 2. The lowest BCUT2D eigenvalue weighted by Crippen LogP contribution is -2.50. The first-order chi connectivity index (χ1) is 9.45. The van der Waals surface area contributed by atoms with Crippen LogP contribution in [0.15, 0.2) is 24.3 Å². The van der Waals surface area contributed by atoms with Crippen molar-refractivity contribution in [1.29, 1.82) is 0 Å². The van der Waals surface area contributed by atoms with E-state index in [0.29, 0.717) is 6.04 Å². The number of nitrogens with one attached hydrogen (secondary N) is 1. The smallest absolute Gasteiger partial charge is 0.269 e. The van der Waals surface area contributed by atoms with E-state index in [1.165, 1.54) is 0 Å². The molecule has 20 heavy (non-hydrogen) atoms. The number of non-ortho nitro benzene ring substituents is 1. The second-order valence-electron chi connectivity index (χ2n) is 5.87. The third-order valence-electron chi connectivity index (χ3n) is 4.64. The summed E-state index contributed by atoms with van der Waals surface area (Å²) in [6.07, 6.45) is 2.25. The van der Waals surface area contributed by atoms with Crippen molar-refractivity contribution in [1.82, 2.24) is 10.2 Å². The van der Waals surface area contributed by atoms with E-state index < -0.39 is 0 Å². The zero-order valence-electron chi connectivity index (χ0n) is 12.4. The second kappa shape index (κ2) is 5.89. The molecule has 0 spiro atoms. The van der Waals surface area contributed by atoms with Crippen LogP contribution in [0.25, 0.3) is 0 Å². The zero-order chi connectivity index (χ0) is 14.8. The molecule has 1 aliphatic rings. The Morgan fingerprint density at radius 2 is 1.85 bits per heavy atom. The average molecular weight is 277 g/mol. The Bertz CT molecular complexity index is 465. The van der Waals surface area contributed by atoms with E-state index in [4.69, 9.17) is 0 Å². The van der Waals surface area contributed by atoms with Crippen LogP contribution in [0.4, 0.5) is 5.69 Å². The monoisotopic (exact) mass is 277 g/mol. The zero-order valence-corrected chi connectivity index (χ0v) is 12.4. The highest BCUT2D eigenvalue weighted by Crippen LogP contribution is 2.29. The van der Waals surface area contributed by atoms with Gasteiger partial charge in [-0.2, -0.15) is 0 Å². The Kier molecular flexibility index (Phi) is 4.40. The minimum Gasteiger partial charge on any atom is -0.314 e. The van der Waals surface area contributed by atoms with Gasteiger partial charge < -0.3 is 5.32 Å². The van der Waals surface area contributed by atoms with Crippen LogP contribution in [0.5, 0.6) is 0 Å². The van der Waals surface area contributed by atoms with E-state index in [1.807, 2.05) is 19.2 Å². The lowest BCUT2D eigenvalue weighted by molar-refractivity contribution is -0.384. The highest BCUT2D eigenvalue weighted by atomic mass is 16.6. The molecule has 0 amide bonds. The Hall–Kier alpha value is -1.46. The summed E-state index contributed by atoms with van der Waals surface area (Å²) in [6.45, 7) is 6.54. The van der Waals surface area contributed by atoms with Gasteiger partial charge in [-0.3, -0.25) is 15.0 Å². The van der Waals surface area contributed by atoms with Crippen LogP contribution in [0.2, 0.25) is 0 Å². The van der Waals surface area contributed by atoms with Gasteiger partial charge in [0.15, 0.2) is 0 Å². The molecule has 1 aromatic carbocycles. The Labute approximate surface area is 120 Å². The second-order valence-corrected chi connectivity index (χ2v) is 5.87. The summed E-state index contributed by atoms with van der Waals surface area (Å²) in [5.74, 6) is 0. The van der Waals surface area contributed by atoms with E-state index in [1.54, 1.807) is 12.1 Å². The molecule has 1 N–H and O–H groups in total. The van der Waals surface area contributed by atoms with Crippen molar-refractivity contribution in [3.05, 3.63) is 39.9 Å². The molecule has 1 unspecified atom stereocenters. The summed E-state index contributed by atoms with van der Waals surface area (Å²) in [5, 5.41) is 14.1. The highest BCUT2D eigenvalue weighted by molar-refractivity contribution is 5.34. The molecule has 1 saturated heterocycles. The van der Waals surface area contributed by atoms with Crippen molar-refractivity contribution in [3.8, 4) is 0 Å².